The number of anilines is 1. The third-order valence-electron chi connectivity index (χ3n) is 3.02. The minimum absolute atomic E-state index is 0.0786. The van der Waals surface area contributed by atoms with Crippen molar-refractivity contribution in [1.82, 2.24) is 9.88 Å². The molecule has 3 rings (SSSR count). The van der Waals surface area contributed by atoms with Gasteiger partial charge in [0.1, 0.15) is 5.69 Å². The third-order valence-corrected chi connectivity index (χ3v) is 3.02. The predicted octanol–water partition coefficient (Wildman–Crippen LogP) is 0.567. The Morgan fingerprint density at radius 3 is 2.88 bits per heavy atom. The van der Waals surface area contributed by atoms with Gasteiger partial charge in [-0.2, -0.15) is 0 Å². The fourth-order valence-corrected chi connectivity index (χ4v) is 2.06. The molecule has 1 aromatic carbocycles. The molecule has 5 heteroatoms. The van der Waals surface area contributed by atoms with Gasteiger partial charge in [-0.3, -0.25) is 4.79 Å². The van der Waals surface area contributed by atoms with Crippen LogP contribution in [-0.2, 0) is 0 Å². The zero-order valence-corrected chi connectivity index (χ0v) is 9.18. The number of β-amino-alcohol motifs (C(OH)–C–C–N with tert-alkyl or cyclic N) is 1. The normalized spacial score (nSPS) is 16.2. The molecule has 2 heterocycles. The Kier molecular flexibility index (Phi) is 2.09. The second kappa shape index (κ2) is 3.49. The second-order valence-corrected chi connectivity index (χ2v) is 4.39. The number of aromatic amines is 1. The van der Waals surface area contributed by atoms with Crippen LogP contribution in [0.3, 0.4) is 0 Å². The average Bonchev–Trinajstić information content (AvgIpc) is 2.66. The molecule has 0 unspecified atom stereocenters. The van der Waals surface area contributed by atoms with Crippen LogP contribution in [0.15, 0.2) is 24.3 Å². The highest BCUT2D eigenvalue weighted by atomic mass is 16.3. The molecule has 0 aliphatic carbocycles. The maximum absolute atomic E-state index is 12.0. The molecule has 4 N–H and O–H groups in total. The zero-order valence-electron chi connectivity index (χ0n) is 9.18. The molecule has 1 amide bonds. The van der Waals surface area contributed by atoms with Crippen LogP contribution in [0.2, 0.25) is 0 Å². The number of nitrogens with zero attached hydrogens (tertiary/aromatic N) is 1. The first kappa shape index (κ1) is 10.2. The molecule has 5 nitrogen and oxygen atoms in total. The molecule has 1 aliphatic rings. The van der Waals surface area contributed by atoms with E-state index in [1.807, 2.05) is 12.1 Å². The number of H-pyrrole nitrogens is 1. The average molecular weight is 231 g/mol. The van der Waals surface area contributed by atoms with E-state index in [1.54, 1.807) is 17.0 Å². The van der Waals surface area contributed by atoms with Crippen molar-refractivity contribution in [3.63, 3.8) is 0 Å². The van der Waals surface area contributed by atoms with Gasteiger partial charge in [0, 0.05) is 29.7 Å². The van der Waals surface area contributed by atoms with Gasteiger partial charge in [0.15, 0.2) is 0 Å². The summed E-state index contributed by atoms with van der Waals surface area (Å²) in [6, 6.07) is 7.26. The van der Waals surface area contributed by atoms with Crippen LogP contribution < -0.4 is 5.73 Å². The number of rotatable bonds is 1. The fraction of sp³-hybridized carbons (Fsp3) is 0.250. The van der Waals surface area contributed by atoms with E-state index >= 15 is 0 Å². The van der Waals surface area contributed by atoms with Crippen LogP contribution in [0, 0.1) is 0 Å². The van der Waals surface area contributed by atoms with Crippen molar-refractivity contribution in [1.29, 1.82) is 0 Å². The number of carbonyl (C=O) groups excluding carboxylic acids is 1. The number of nitrogen functional groups attached to an aromatic ring is 1. The molecule has 1 aliphatic heterocycles. The number of fused-ring (bicyclic) bond motifs is 1. The van der Waals surface area contributed by atoms with E-state index in [2.05, 4.69) is 4.98 Å². The number of benzene rings is 1. The first-order chi connectivity index (χ1) is 8.13. The van der Waals surface area contributed by atoms with Crippen molar-refractivity contribution >= 4 is 22.5 Å². The Labute approximate surface area is 97.8 Å². The van der Waals surface area contributed by atoms with Gasteiger partial charge >= 0.3 is 0 Å². The predicted molar refractivity (Wildman–Crippen MR) is 64.6 cm³/mol. The Balaban J connectivity index is 1.93. The topological polar surface area (TPSA) is 82.4 Å². The smallest absolute Gasteiger partial charge is 0.270 e. The van der Waals surface area contributed by atoms with E-state index in [1.165, 1.54) is 0 Å². The quantitative estimate of drug-likeness (QED) is 0.627. The molecule has 2 aromatic rings. The molecule has 1 fully saturated rings. The van der Waals surface area contributed by atoms with Crippen molar-refractivity contribution in [2.75, 3.05) is 18.8 Å². The van der Waals surface area contributed by atoms with Crippen LogP contribution >= 0.6 is 0 Å². The maximum atomic E-state index is 12.0. The number of hydrogen-bond donors (Lipinski definition) is 3. The van der Waals surface area contributed by atoms with Crippen molar-refractivity contribution in [3.8, 4) is 0 Å². The summed E-state index contributed by atoms with van der Waals surface area (Å²) < 4.78 is 0. The van der Waals surface area contributed by atoms with E-state index in [4.69, 9.17) is 10.8 Å². The van der Waals surface area contributed by atoms with Gasteiger partial charge in [-0.1, -0.05) is 0 Å². The van der Waals surface area contributed by atoms with Gasteiger partial charge in [0.2, 0.25) is 0 Å². The molecule has 0 spiro atoms. The largest absolute Gasteiger partial charge is 0.399 e. The minimum atomic E-state index is -0.376. The Morgan fingerprint density at radius 1 is 1.41 bits per heavy atom. The summed E-state index contributed by atoms with van der Waals surface area (Å²) in [5.74, 6) is -0.0786. The second-order valence-electron chi connectivity index (χ2n) is 4.39. The number of carbonyl (C=O) groups is 1. The van der Waals surface area contributed by atoms with Crippen molar-refractivity contribution in [2.24, 2.45) is 0 Å². The highest BCUT2D eigenvalue weighted by Gasteiger charge is 2.30. The van der Waals surface area contributed by atoms with E-state index < -0.39 is 0 Å². The first-order valence-corrected chi connectivity index (χ1v) is 5.49. The van der Waals surface area contributed by atoms with Crippen molar-refractivity contribution < 1.29 is 9.90 Å². The van der Waals surface area contributed by atoms with Gasteiger partial charge < -0.3 is 20.7 Å². The summed E-state index contributed by atoms with van der Waals surface area (Å²) in [6.45, 7) is 0.826. The summed E-state index contributed by atoms with van der Waals surface area (Å²) in [4.78, 5) is 16.6. The van der Waals surface area contributed by atoms with Gasteiger partial charge in [-0.15, -0.1) is 0 Å². The lowest BCUT2D eigenvalue weighted by molar-refractivity contribution is 0.00557. The van der Waals surface area contributed by atoms with E-state index in [0.29, 0.717) is 24.5 Å². The summed E-state index contributed by atoms with van der Waals surface area (Å²) >= 11 is 0. The number of likely N-dealkylation sites (tertiary alicyclic amines) is 1. The molecular formula is C12H13N3O2. The summed E-state index contributed by atoms with van der Waals surface area (Å²) in [5, 5.41) is 10.1. The maximum Gasteiger partial charge on any atom is 0.270 e. The fourth-order valence-electron chi connectivity index (χ4n) is 2.06. The van der Waals surface area contributed by atoms with Crippen LogP contribution in [0.4, 0.5) is 5.69 Å². The summed E-state index contributed by atoms with van der Waals surface area (Å²) in [7, 11) is 0. The molecule has 88 valence electrons. The molecule has 17 heavy (non-hydrogen) atoms. The van der Waals surface area contributed by atoms with Gasteiger partial charge in [0.05, 0.1) is 6.10 Å². The standard InChI is InChI=1S/C12H13N3O2/c13-8-1-2-10-7(3-8)4-11(14-10)12(17)15-5-9(16)6-15/h1-4,9,14,16H,5-6,13H2. The highest BCUT2D eigenvalue weighted by Crippen LogP contribution is 2.20. The Bertz CT molecular complexity index is 584. The molecule has 0 bridgehead atoms. The molecule has 1 saturated heterocycles. The van der Waals surface area contributed by atoms with Crippen molar-refractivity contribution in [2.45, 2.75) is 6.10 Å². The Morgan fingerprint density at radius 2 is 2.18 bits per heavy atom. The molecule has 1 aromatic heterocycles. The number of nitrogens with one attached hydrogen (secondary N) is 1. The molecule has 0 radical (unpaired) electrons. The number of aliphatic hydroxyl groups excluding tert-OH is 1. The number of aromatic nitrogens is 1. The van der Waals surface area contributed by atoms with Gasteiger partial charge in [-0.05, 0) is 24.3 Å². The molecular weight excluding hydrogens is 218 g/mol. The lowest BCUT2D eigenvalue weighted by Crippen LogP contribution is -2.53. The number of aliphatic hydroxyl groups is 1. The summed E-state index contributed by atoms with van der Waals surface area (Å²) in [6.07, 6.45) is -0.376. The summed E-state index contributed by atoms with van der Waals surface area (Å²) in [5.41, 5.74) is 7.79. The van der Waals surface area contributed by atoms with Crippen molar-refractivity contribution in [3.05, 3.63) is 30.0 Å². The molecule has 0 saturated carbocycles. The highest BCUT2D eigenvalue weighted by molar-refractivity contribution is 5.99. The zero-order chi connectivity index (χ0) is 12.0. The Hall–Kier alpha value is -2.01. The lowest BCUT2D eigenvalue weighted by Gasteiger charge is -2.35. The molecule has 0 atom stereocenters. The van der Waals surface area contributed by atoms with E-state index in [0.717, 1.165) is 10.9 Å². The van der Waals surface area contributed by atoms with E-state index in [9.17, 15) is 4.79 Å². The number of hydrogen-bond acceptors (Lipinski definition) is 3. The lowest BCUT2D eigenvalue weighted by atomic mass is 10.1. The van der Waals surface area contributed by atoms with E-state index in [-0.39, 0.29) is 12.0 Å². The van der Waals surface area contributed by atoms with Crippen LogP contribution in [-0.4, -0.2) is 40.1 Å². The van der Waals surface area contributed by atoms with Crippen LogP contribution in [0.25, 0.3) is 10.9 Å². The number of nitrogens with two attached hydrogens (primary N) is 1. The SMILES string of the molecule is Nc1ccc2[nH]c(C(=O)N3CC(O)C3)cc2c1. The van der Waals surface area contributed by atoms with Crippen LogP contribution in [0.1, 0.15) is 10.5 Å². The third kappa shape index (κ3) is 1.64. The monoisotopic (exact) mass is 231 g/mol. The number of amides is 1. The minimum Gasteiger partial charge on any atom is -0.399 e. The van der Waals surface area contributed by atoms with Gasteiger partial charge in [-0.25, -0.2) is 0 Å². The first-order valence-electron chi connectivity index (χ1n) is 5.49. The van der Waals surface area contributed by atoms with Crippen LogP contribution in [0.5, 0.6) is 0 Å². The van der Waals surface area contributed by atoms with Gasteiger partial charge in [0.25, 0.3) is 5.91 Å².